The lowest BCUT2D eigenvalue weighted by Crippen LogP contribution is -2.27. The monoisotopic (exact) mass is 290 g/mol. The van der Waals surface area contributed by atoms with Gasteiger partial charge in [0, 0.05) is 6.42 Å². The largest absolute Gasteiger partial charge is 0.466 e. The third-order valence-electron chi connectivity index (χ3n) is 3.26. The molecule has 0 amide bonds. The summed E-state index contributed by atoms with van der Waals surface area (Å²) in [7, 11) is 0. The summed E-state index contributed by atoms with van der Waals surface area (Å²) >= 11 is 0. The van der Waals surface area contributed by atoms with Gasteiger partial charge in [-0.05, 0) is 18.9 Å². The standard InChI is InChI=1S/C17H22O4/c1-2-19-17(18)11-10-15-8-9-16(13-21-15)20-12-14-6-4-3-5-7-14/h3-9,15-16H,2,10-13H2,1H3/t15-,16-/m0/s1. The van der Waals surface area contributed by atoms with Gasteiger partial charge in [0.05, 0.1) is 32.0 Å². The van der Waals surface area contributed by atoms with Gasteiger partial charge in [-0.3, -0.25) is 4.79 Å². The van der Waals surface area contributed by atoms with Crippen LogP contribution in [-0.2, 0) is 25.6 Å². The zero-order valence-electron chi connectivity index (χ0n) is 12.4. The summed E-state index contributed by atoms with van der Waals surface area (Å²) in [6.07, 6.45) is 4.98. The van der Waals surface area contributed by atoms with Gasteiger partial charge in [-0.25, -0.2) is 0 Å². The SMILES string of the molecule is CCOC(=O)CC[C@@H]1C=C[C@H](OCc2ccccc2)CO1. The van der Waals surface area contributed by atoms with Crippen LogP contribution in [0.1, 0.15) is 25.3 Å². The molecule has 1 aromatic rings. The molecule has 21 heavy (non-hydrogen) atoms. The van der Waals surface area contributed by atoms with E-state index in [0.29, 0.717) is 32.7 Å². The molecule has 2 atom stereocenters. The van der Waals surface area contributed by atoms with E-state index in [9.17, 15) is 4.79 Å². The Bertz CT molecular complexity index is 455. The van der Waals surface area contributed by atoms with Crippen molar-refractivity contribution in [2.45, 2.75) is 38.6 Å². The molecule has 0 radical (unpaired) electrons. The van der Waals surface area contributed by atoms with Crippen LogP contribution in [-0.4, -0.2) is 31.4 Å². The van der Waals surface area contributed by atoms with Crippen molar-refractivity contribution in [3.8, 4) is 0 Å². The first kappa shape index (κ1) is 15.7. The van der Waals surface area contributed by atoms with Crippen molar-refractivity contribution in [1.82, 2.24) is 0 Å². The first-order chi connectivity index (χ1) is 10.3. The molecule has 114 valence electrons. The maximum Gasteiger partial charge on any atom is 0.305 e. The van der Waals surface area contributed by atoms with Crippen molar-refractivity contribution in [3.05, 3.63) is 48.0 Å². The lowest BCUT2D eigenvalue weighted by atomic mass is 10.1. The Morgan fingerprint density at radius 2 is 2.10 bits per heavy atom. The number of hydrogen-bond donors (Lipinski definition) is 0. The highest BCUT2D eigenvalue weighted by Gasteiger charge is 2.17. The van der Waals surface area contributed by atoms with Crippen LogP contribution >= 0.6 is 0 Å². The van der Waals surface area contributed by atoms with Gasteiger partial charge in [-0.1, -0.05) is 42.5 Å². The van der Waals surface area contributed by atoms with E-state index < -0.39 is 0 Å². The average Bonchev–Trinajstić information content (AvgIpc) is 2.53. The van der Waals surface area contributed by atoms with Crippen molar-refractivity contribution in [3.63, 3.8) is 0 Å². The molecule has 1 heterocycles. The van der Waals surface area contributed by atoms with Gasteiger partial charge >= 0.3 is 5.97 Å². The molecular weight excluding hydrogens is 268 g/mol. The molecule has 1 aromatic carbocycles. The fourth-order valence-corrected chi connectivity index (χ4v) is 2.13. The van der Waals surface area contributed by atoms with Crippen LogP contribution in [0.15, 0.2) is 42.5 Å². The summed E-state index contributed by atoms with van der Waals surface area (Å²) in [5.74, 6) is -0.169. The lowest BCUT2D eigenvalue weighted by Gasteiger charge is -2.23. The summed E-state index contributed by atoms with van der Waals surface area (Å²) in [6, 6.07) is 10.1. The summed E-state index contributed by atoms with van der Waals surface area (Å²) < 4.78 is 16.4. The quantitative estimate of drug-likeness (QED) is 0.572. The molecule has 1 aliphatic heterocycles. The molecule has 1 aliphatic rings. The van der Waals surface area contributed by atoms with Crippen molar-refractivity contribution in [1.29, 1.82) is 0 Å². The van der Waals surface area contributed by atoms with Crippen LogP contribution in [0.2, 0.25) is 0 Å². The molecule has 0 saturated carbocycles. The summed E-state index contributed by atoms with van der Waals surface area (Å²) in [5, 5.41) is 0. The number of esters is 1. The summed E-state index contributed by atoms with van der Waals surface area (Å²) in [4.78, 5) is 11.3. The van der Waals surface area contributed by atoms with E-state index in [1.807, 2.05) is 49.4 Å². The molecular formula is C17H22O4. The Labute approximate surface area is 125 Å². The van der Waals surface area contributed by atoms with Gasteiger partial charge < -0.3 is 14.2 Å². The summed E-state index contributed by atoms with van der Waals surface area (Å²) in [6.45, 7) is 3.34. The van der Waals surface area contributed by atoms with Gasteiger partial charge in [-0.15, -0.1) is 0 Å². The van der Waals surface area contributed by atoms with Crippen molar-refractivity contribution >= 4 is 5.97 Å². The maximum atomic E-state index is 11.3. The molecule has 0 unspecified atom stereocenters. The number of ether oxygens (including phenoxy) is 3. The van der Waals surface area contributed by atoms with Gasteiger partial charge in [0.15, 0.2) is 0 Å². The molecule has 0 fully saturated rings. The van der Waals surface area contributed by atoms with E-state index >= 15 is 0 Å². The molecule has 2 rings (SSSR count). The van der Waals surface area contributed by atoms with Crippen LogP contribution in [0.3, 0.4) is 0 Å². The van der Waals surface area contributed by atoms with Crippen LogP contribution < -0.4 is 0 Å². The highest BCUT2D eigenvalue weighted by atomic mass is 16.5. The highest BCUT2D eigenvalue weighted by Crippen LogP contribution is 2.14. The van der Waals surface area contributed by atoms with Gasteiger partial charge in [0.2, 0.25) is 0 Å². The second-order valence-electron chi connectivity index (χ2n) is 4.94. The van der Waals surface area contributed by atoms with E-state index in [2.05, 4.69) is 0 Å². The number of hydrogen-bond acceptors (Lipinski definition) is 4. The van der Waals surface area contributed by atoms with E-state index in [0.717, 1.165) is 5.56 Å². The van der Waals surface area contributed by atoms with Gasteiger partial charge in [-0.2, -0.15) is 0 Å². The minimum atomic E-state index is -0.169. The minimum absolute atomic E-state index is 0.0222. The molecule has 0 saturated heterocycles. The van der Waals surface area contributed by atoms with Crippen LogP contribution in [0.5, 0.6) is 0 Å². The molecule has 0 N–H and O–H groups in total. The Morgan fingerprint density at radius 3 is 2.76 bits per heavy atom. The van der Waals surface area contributed by atoms with Crippen molar-refractivity contribution < 1.29 is 19.0 Å². The van der Waals surface area contributed by atoms with Crippen molar-refractivity contribution in [2.75, 3.05) is 13.2 Å². The zero-order valence-corrected chi connectivity index (χ0v) is 12.4. The van der Waals surface area contributed by atoms with Crippen LogP contribution in [0, 0.1) is 0 Å². The molecule has 0 bridgehead atoms. The predicted molar refractivity (Wildman–Crippen MR) is 79.8 cm³/mol. The third kappa shape index (κ3) is 5.69. The topological polar surface area (TPSA) is 44.8 Å². The Kier molecular flexibility index (Phi) is 6.44. The van der Waals surface area contributed by atoms with E-state index in [4.69, 9.17) is 14.2 Å². The van der Waals surface area contributed by atoms with E-state index in [1.54, 1.807) is 0 Å². The molecule has 0 aromatic heterocycles. The maximum absolute atomic E-state index is 11.3. The average molecular weight is 290 g/mol. The Balaban J connectivity index is 1.68. The summed E-state index contributed by atoms with van der Waals surface area (Å²) in [5.41, 5.74) is 1.15. The highest BCUT2D eigenvalue weighted by molar-refractivity contribution is 5.69. The molecule has 0 spiro atoms. The predicted octanol–water partition coefficient (Wildman–Crippen LogP) is 2.87. The number of benzene rings is 1. The Morgan fingerprint density at radius 1 is 1.29 bits per heavy atom. The number of carbonyl (C=O) groups excluding carboxylic acids is 1. The normalized spacial score (nSPS) is 21.2. The molecule has 0 aliphatic carbocycles. The smallest absolute Gasteiger partial charge is 0.305 e. The van der Waals surface area contributed by atoms with Crippen LogP contribution in [0.25, 0.3) is 0 Å². The second-order valence-corrected chi connectivity index (χ2v) is 4.94. The van der Waals surface area contributed by atoms with Gasteiger partial charge in [0.1, 0.15) is 0 Å². The van der Waals surface area contributed by atoms with Crippen molar-refractivity contribution in [2.24, 2.45) is 0 Å². The first-order valence-electron chi connectivity index (χ1n) is 7.39. The van der Waals surface area contributed by atoms with Crippen LogP contribution in [0.4, 0.5) is 0 Å². The van der Waals surface area contributed by atoms with E-state index in [1.165, 1.54) is 0 Å². The fraction of sp³-hybridized carbons (Fsp3) is 0.471. The molecule has 4 heteroatoms. The Hall–Kier alpha value is -1.65. The lowest BCUT2D eigenvalue weighted by molar-refractivity contribution is -0.143. The fourth-order valence-electron chi connectivity index (χ4n) is 2.13. The van der Waals surface area contributed by atoms with Gasteiger partial charge in [0.25, 0.3) is 0 Å². The molecule has 4 nitrogen and oxygen atoms in total. The third-order valence-corrected chi connectivity index (χ3v) is 3.26. The number of carbonyl (C=O) groups is 1. The number of rotatable bonds is 7. The van der Waals surface area contributed by atoms with E-state index in [-0.39, 0.29) is 18.2 Å². The minimum Gasteiger partial charge on any atom is -0.466 e. The zero-order chi connectivity index (χ0) is 14.9. The second kappa shape index (κ2) is 8.60. The first-order valence-corrected chi connectivity index (χ1v) is 7.39.